The van der Waals surface area contributed by atoms with E-state index in [0.717, 1.165) is 32.6 Å². The summed E-state index contributed by atoms with van der Waals surface area (Å²) in [5.74, 6) is 0. The number of nitrogens with zero attached hydrogens (tertiary/aromatic N) is 1. The van der Waals surface area contributed by atoms with Crippen LogP contribution in [0.5, 0.6) is 0 Å². The molecule has 0 aromatic rings. The van der Waals surface area contributed by atoms with E-state index in [0.29, 0.717) is 6.04 Å². The highest BCUT2D eigenvalue weighted by atomic mass is 16.2. The zero-order valence-electron chi connectivity index (χ0n) is 7.88. The summed E-state index contributed by atoms with van der Waals surface area (Å²) in [6.07, 6.45) is 3.54. The molecule has 0 aliphatic carbocycles. The maximum atomic E-state index is 11.4. The zero-order chi connectivity index (χ0) is 9.10. The maximum absolute atomic E-state index is 11.4. The number of urea groups is 1. The molecule has 2 saturated heterocycles. The van der Waals surface area contributed by atoms with Gasteiger partial charge in [0.2, 0.25) is 0 Å². The van der Waals surface area contributed by atoms with E-state index in [1.165, 1.54) is 12.8 Å². The van der Waals surface area contributed by atoms with Gasteiger partial charge in [0.1, 0.15) is 0 Å². The van der Waals surface area contributed by atoms with Crippen LogP contribution in [0.15, 0.2) is 0 Å². The van der Waals surface area contributed by atoms with E-state index < -0.39 is 0 Å². The highest BCUT2D eigenvalue weighted by molar-refractivity contribution is 5.74. The van der Waals surface area contributed by atoms with Crippen molar-refractivity contribution in [1.82, 2.24) is 15.5 Å². The van der Waals surface area contributed by atoms with E-state index in [-0.39, 0.29) is 6.03 Å². The van der Waals surface area contributed by atoms with E-state index in [1.54, 1.807) is 0 Å². The topological polar surface area (TPSA) is 44.4 Å². The third kappa shape index (κ3) is 2.12. The summed E-state index contributed by atoms with van der Waals surface area (Å²) in [7, 11) is 0. The molecule has 2 amide bonds. The van der Waals surface area contributed by atoms with Crippen LogP contribution in [0.1, 0.15) is 19.3 Å². The first-order chi connectivity index (χ1) is 6.36. The number of carbonyl (C=O) groups is 1. The van der Waals surface area contributed by atoms with Gasteiger partial charge in [-0.2, -0.15) is 0 Å². The van der Waals surface area contributed by atoms with Crippen LogP contribution < -0.4 is 10.6 Å². The molecule has 0 aromatic heterocycles. The molecule has 13 heavy (non-hydrogen) atoms. The quantitative estimate of drug-likeness (QED) is 0.640. The smallest absolute Gasteiger partial charge is 0.317 e. The Bertz CT molecular complexity index is 189. The molecule has 74 valence electrons. The van der Waals surface area contributed by atoms with E-state index in [9.17, 15) is 4.79 Å². The van der Waals surface area contributed by atoms with Gasteiger partial charge in [0.05, 0.1) is 0 Å². The summed E-state index contributed by atoms with van der Waals surface area (Å²) >= 11 is 0. The van der Waals surface area contributed by atoms with Crippen molar-refractivity contribution in [3.63, 3.8) is 0 Å². The SMILES string of the molecule is O=C1NCCCN1CC1CCCN1. The Balaban J connectivity index is 1.81. The van der Waals surface area contributed by atoms with Crippen molar-refractivity contribution in [3.8, 4) is 0 Å². The van der Waals surface area contributed by atoms with Crippen molar-refractivity contribution in [2.45, 2.75) is 25.3 Å². The van der Waals surface area contributed by atoms with Crippen LogP contribution in [0.3, 0.4) is 0 Å². The number of amides is 2. The van der Waals surface area contributed by atoms with Crippen LogP contribution in [0.2, 0.25) is 0 Å². The lowest BCUT2D eigenvalue weighted by atomic mass is 10.2. The Morgan fingerprint density at radius 3 is 3.00 bits per heavy atom. The van der Waals surface area contributed by atoms with Gasteiger partial charge < -0.3 is 15.5 Å². The van der Waals surface area contributed by atoms with E-state index in [1.807, 2.05) is 4.90 Å². The second kappa shape index (κ2) is 3.96. The first-order valence-electron chi connectivity index (χ1n) is 5.12. The Labute approximate surface area is 78.7 Å². The number of nitrogens with one attached hydrogen (secondary N) is 2. The Morgan fingerprint density at radius 1 is 1.38 bits per heavy atom. The van der Waals surface area contributed by atoms with Gasteiger partial charge in [0.25, 0.3) is 0 Å². The number of carbonyl (C=O) groups excluding carboxylic acids is 1. The molecule has 0 aromatic carbocycles. The van der Waals surface area contributed by atoms with Crippen molar-refractivity contribution in [1.29, 1.82) is 0 Å². The van der Waals surface area contributed by atoms with Gasteiger partial charge in [0.15, 0.2) is 0 Å². The van der Waals surface area contributed by atoms with Crippen LogP contribution in [0.4, 0.5) is 4.79 Å². The minimum absolute atomic E-state index is 0.111. The molecule has 0 bridgehead atoms. The van der Waals surface area contributed by atoms with Gasteiger partial charge in [-0.05, 0) is 25.8 Å². The Morgan fingerprint density at radius 2 is 2.31 bits per heavy atom. The molecule has 2 heterocycles. The van der Waals surface area contributed by atoms with E-state index in [2.05, 4.69) is 10.6 Å². The average Bonchev–Trinajstić information content (AvgIpc) is 2.61. The molecule has 2 rings (SSSR count). The third-order valence-electron chi connectivity index (χ3n) is 2.77. The summed E-state index contributed by atoms with van der Waals surface area (Å²) in [4.78, 5) is 13.3. The van der Waals surface area contributed by atoms with Gasteiger partial charge >= 0.3 is 6.03 Å². The van der Waals surface area contributed by atoms with Crippen LogP contribution in [-0.4, -0.2) is 43.2 Å². The van der Waals surface area contributed by atoms with Crippen molar-refractivity contribution in [3.05, 3.63) is 0 Å². The minimum Gasteiger partial charge on any atom is -0.338 e. The van der Waals surface area contributed by atoms with Crippen LogP contribution in [0, 0.1) is 0 Å². The molecule has 1 atom stereocenters. The molecule has 4 heteroatoms. The monoisotopic (exact) mass is 183 g/mol. The van der Waals surface area contributed by atoms with Crippen LogP contribution >= 0.6 is 0 Å². The lowest BCUT2D eigenvalue weighted by Crippen LogP contribution is -2.50. The standard InChI is InChI=1S/C9H17N3O/c13-9-11-5-2-6-12(9)7-8-3-1-4-10-8/h8,10H,1-7H2,(H,11,13). The number of hydrogen-bond donors (Lipinski definition) is 2. The number of hydrogen-bond acceptors (Lipinski definition) is 2. The summed E-state index contributed by atoms with van der Waals surface area (Å²) in [6, 6.07) is 0.642. The fourth-order valence-electron chi connectivity index (χ4n) is 2.03. The predicted octanol–water partition coefficient (Wildman–Crippen LogP) is 0.154. The van der Waals surface area contributed by atoms with E-state index >= 15 is 0 Å². The zero-order valence-corrected chi connectivity index (χ0v) is 7.88. The van der Waals surface area contributed by atoms with Crippen LogP contribution in [-0.2, 0) is 0 Å². The van der Waals surface area contributed by atoms with Gasteiger partial charge in [-0.25, -0.2) is 4.79 Å². The molecular formula is C9H17N3O. The van der Waals surface area contributed by atoms with Crippen LogP contribution in [0.25, 0.3) is 0 Å². The number of rotatable bonds is 2. The Hall–Kier alpha value is -0.770. The van der Waals surface area contributed by atoms with Crippen molar-refractivity contribution >= 4 is 6.03 Å². The van der Waals surface area contributed by atoms with Gasteiger partial charge in [0, 0.05) is 25.7 Å². The molecule has 4 nitrogen and oxygen atoms in total. The van der Waals surface area contributed by atoms with E-state index in [4.69, 9.17) is 0 Å². The fraction of sp³-hybridized carbons (Fsp3) is 0.889. The molecule has 0 saturated carbocycles. The molecule has 0 spiro atoms. The minimum atomic E-state index is 0.111. The van der Waals surface area contributed by atoms with Gasteiger partial charge in [-0.3, -0.25) is 0 Å². The predicted molar refractivity (Wildman–Crippen MR) is 50.6 cm³/mol. The third-order valence-corrected chi connectivity index (χ3v) is 2.77. The lowest BCUT2D eigenvalue weighted by molar-refractivity contribution is 0.180. The summed E-state index contributed by atoms with van der Waals surface area (Å²) in [6.45, 7) is 3.75. The van der Waals surface area contributed by atoms with Gasteiger partial charge in [-0.1, -0.05) is 0 Å². The molecule has 2 aliphatic rings. The van der Waals surface area contributed by atoms with Crippen molar-refractivity contribution in [2.75, 3.05) is 26.2 Å². The maximum Gasteiger partial charge on any atom is 0.317 e. The first-order valence-corrected chi connectivity index (χ1v) is 5.12. The fourth-order valence-corrected chi connectivity index (χ4v) is 2.03. The average molecular weight is 183 g/mol. The lowest BCUT2D eigenvalue weighted by Gasteiger charge is -2.29. The summed E-state index contributed by atoms with van der Waals surface area (Å²) in [5.41, 5.74) is 0. The normalized spacial score (nSPS) is 29.1. The highest BCUT2D eigenvalue weighted by Gasteiger charge is 2.22. The Kier molecular flexibility index (Phi) is 2.68. The van der Waals surface area contributed by atoms with Crippen molar-refractivity contribution < 1.29 is 4.79 Å². The van der Waals surface area contributed by atoms with Crippen molar-refractivity contribution in [2.24, 2.45) is 0 Å². The molecule has 2 aliphatic heterocycles. The second-order valence-corrected chi connectivity index (χ2v) is 3.82. The highest BCUT2D eigenvalue weighted by Crippen LogP contribution is 2.08. The molecule has 0 radical (unpaired) electrons. The summed E-state index contributed by atoms with van der Waals surface area (Å²) in [5, 5.41) is 6.27. The largest absolute Gasteiger partial charge is 0.338 e. The second-order valence-electron chi connectivity index (χ2n) is 3.82. The van der Waals surface area contributed by atoms with Gasteiger partial charge in [-0.15, -0.1) is 0 Å². The first kappa shape index (κ1) is 8.81. The molecule has 1 unspecified atom stereocenters. The molecule has 2 N–H and O–H groups in total. The molecular weight excluding hydrogens is 166 g/mol. The molecule has 2 fully saturated rings. The summed E-state index contributed by atoms with van der Waals surface area (Å²) < 4.78 is 0.